The summed E-state index contributed by atoms with van der Waals surface area (Å²) in [4.78, 5) is 0. The normalized spacial score (nSPS) is 20.7. The largest absolute Gasteiger partial charge is 0.496 e. The van der Waals surface area contributed by atoms with Crippen LogP contribution in [-0.2, 0) is 9.31 Å². The van der Waals surface area contributed by atoms with Crippen LogP contribution in [0, 0.1) is 0 Å². The molecule has 1 fully saturated rings. The molecule has 0 atom stereocenters. The van der Waals surface area contributed by atoms with Gasteiger partial charge in [0.1, 0.15) is 5.75 Å². The van der Waals surface area contributed by atoms with Crippen LogP contribution in [0.15, 0.2) is 21.1 Å². The Bertz CT molecular complexity index is 487. The molecular formula is C13H17BBr2O3. The van der Waals surface area contributed by atoms with Gasteiger partial charge >= 0.3 is 7.12 Å². The van der Waals surface area contributed by atoms with E-state index >= 15 is 0 Å². The summed E-state index contributed by atoms with van der Waals surface area (Å²) in [6, 6.07) is 3.85. The predicted molar refractivity (Wildman–Crippen MR) is 84.1 cm³/mol. The van der Waals surface area contributed by atoms with Gasteiger partial charge in [-0.2, -0.15) is 0 Å². The molecule has 1 heterocycles. The SMILES string of the molecule is COc1ccc(B2OC(C)(C)C(C)(C)O2)c(Br)c1Br. The molecule has 2 rings (SSSR count). The quantitative estimate of drug-likeness (QED) is 0.722. The summed E-state index contributed by atoms with van der Waals surface area (Å²) >= 11 is 7.08. The molecular weight excluding hydrogens is 375 g/mol. The summed E-state index contributed by atoms with van der Waals surface area (Å²) < 4.78 is 19.1. The monoisotopic (exact) mass is 390 g/mol. The Kier molecular flexibility index (Phi) is 4.09. The van der Waals surface area contributed by atoms with Gasteiger partial charge in [-0.05, 0) is 71.1 Å². The van der Waals surface area contributed by atoms with Gasteiger partial charge in [-0.15, -0.1) is 0 Å². The lowest BCUT2D eigenvalue weighted by atomic mass is 9.79. The highest BCUT2D eigenvalue weighted by Gasteiger charge is 2.52. The van der Waals surface area contributed by atoms with E-state index < -0.39 is 0 Å². The number of rotatable bonds is 2. The number of benzene rings is 1. The molecule has 0 saturated carbocycles. The predicted octanol–water partition coefficient (Wildman–Crippen LogP) is 3.52. The average Bonchev–Trinajstić information content (AvgIpc) is 2.51. The van der Waals surface area contributed by atoms with E-state index in [2.05, 4.69) is 31.9 Å². The summed E-state index contributed by atoms with van der Waals surface area (Å²) in [6.45, 7) is 8.16. The fraction of sp³-hybridized carbons (Fsp3) is 0.538. The summed E-state index contributed by atoms with van der Waals surface area (Å²) in [5.41, 5.74) is 0.263. The Balaban J connectivity index is 2.38. The molecule has 0 aromatic heterocycles. The lowest BCUT2D eigenvalue weighted by molar-refractivity contribution is 0.00578. The van der Waals surface area contributed by atoms with Crippen molar-refractivity contribution in [2.75, 3.05) is 7.11 Å². The van der Waals surface area contributed by atoms with E-state index in [4.69, 9.17) is 14.0 Å². The Labute approximate surface area is 131 Å². The van der Waals surface area contributed by atoms with Gasteiger partial charge in [0.15, 0.2) is 0 Å². The molecule has 1 aliphatic rings. The maximum atomic E-state index is 6.05. The highest BCUT2D eigenvalue weighted by Crippen LogP contribution is 2.38. The van der Waals surface area contributed by atoms with Crippen LogP contribution in [0.5, 0.6) is 5.75 Å². The highest BCUT2D eigenvalue weighted by atomic mass is 79.9. The number of methoxy groups -OCH3 is 1. The molecule has 0 bridgehead atoms. The van der Waals surface area contributed by atoms with Gasteiger partial charge in [0, 0.05) is 4.47 Å². The first-order valence-corrected chi connectivity index (χ1v) is 7.66. The van der Waals surface area contributed by atoms with Crippen molar-refractivity contribution in [3.63, 3.8) is 0 Å². The van der Waals surface area contributed by atoms with E-state index in [-0.39, 0.29) is 18.3 Å². The molecule has 6 heteroatoms. The Morgan fingerprint density at radius 3 is 2.00 bits per heavy atom. The lowest BCUT2D eigenvalue weighted by Crippen LogP contribution is -2.41. The van der Waals surface area contributed by atoms with Crippen molar-refractivity contribution in [1.29, 1.82) is 0 Å². The topological polar surface area (TPSA) is 27.7 Å². The van der Waals surface area contributed by atoms with E-state index in [1.165, 1.54) is 0 Å². The van der Waals surface area contributed by atoms with Crippen LogP contribution in [0.1, 0.15) is 27.7 Å². The zero-order chi connectivity index (χ0) is 14.4. The van der Waals surface area contributed by atoms with Crippen LogP contribution in [-0.4, -0.2) is 25.4 Å². The molecule has 1 aliphatic heterocycles. The smallest absolute Gasteiger partial charge is 0.496 e. The third-order valence-corrected chi connectivity index (χ3v) is 5.98. The molecule has 0 spiro atoms. The summed E-state index contributed by atoms with van der Waals surface area (Å²) in [7, 11) is 1.25. The standard InChI is InChI=1S/C13H17BBr2O3/c1-12(2)13(3,4)19-14(18-12)8-6-7-9(17-5)11(16)10(8)15/h6-7H,1-5H3. The molecule has 0 N–H and O–H groups in total. The number of hydrogen-bond acceptors (Lipinski definition) is 3. The van der Waals surface area contributed by atoms with Crippen molar-refractivity contribution in [2.45, 2.75) is 38.9 Å². The van der Waals surface area contributed by atoms with E-state index in [0.717, 1.165) is 20.2 Å². The van der Waals surface area contributed by atoms with Crippen LogP contribution in [0.2, 0.25) is 0 Å². The second-order valence-electron chi connectivity index (χ2n) is 5.57. The number of halogens is 2. The van der Waals surface area contributed by atoms with Crippen molar-refractivity contribution < 1.29 is 14.0 Å². The Morgan fingerprint density at radius 2 is 1.53 bits per heavy atom. The molecule has 0 unspecified atom stereocenters. The second-order valence-corrected chi connectivity index (χ2v) is 7.16. The van der Waals surface area contributed by atoms with Gasteiger partial charge in [0.25, 0.3) is 0 Å². The zero-order valence-electron chi connectivity index (χ0n) is 11.7. The van der Waals surface area contributed by atoms with Crippen LogP contribution >= 0.6 is 31.9 Å². The average molecular weight is 392 g/mol. The molecule has 1 saturated heterocycles. The fourth-order valence-corrected chi connectivity index (χ4v) is 2.89. The molecule has 19 heavy (non-hydrogen) atoms. The third kappa shape index (κ3) is 2.60. The van der Waals surface area contributed by atoms with Crippen LogP contribution in [0.3, 0.4) is 0 Å². The Morgan fingerprint density at radius 1 is 1.00 bits per heavy atom. The van der Waals surface area contributed by atoms with Crippen LogP contribution in [0.25, 0.3) is 0 Å². The minimum absolute atomic E-state index is 0.344. The number of hydrogen-bond donors (Lipinski definition) is 0. The molecule has 0 radical (unpaired) electrons. The second kappa shape index (κ2) is 5.06. The van der Waals surface area contributed by atoms with Crippen LogP contribution in [0.4, 0.5) is 0 Å². The highest BCUT2D eigenvalue weighted by molar-refractivity contribution is 9.13. The zero-order valence-corrected chi connectivity index (χ0v) is 14.9. The molecule has 0 amide bonds. The van der Waals surface area contributed by atoms with Crippen molar-refractivity contribution in [3.8, 4) is 5.75 Å². The van der Waals surface area contributed by atoms with Crippen molar-refractivity contribution in [2.24, 2.45) is 0 Å². The van der Waals surface area contributed by atoms with E-state index in [9.17, 15) is 0 Å². The molecule has 3 nitrogen and oxygen atoms in total. The third-order valence-electron chi connectivity index (χ3n) is 3.80. The maximum absolute atomic E-state index is 6.05. The van der Waals surface area contributed by atoms with Gasteiger partial charge < -0.3 is 14.0 Å². The van der Waals surface area contributed by atoms with Crippen molar-refractivity contribution >= 4 is 44.4 Å². The van der Waals surface area contributed by atoms with Gasteiger partial charge in [0.05, 0.1) is 22.8 Å². The summed E-state index contributed by atoms with van der Waals surface area (Å²) in [5.74, 6) is 0.771. The minimum Gasteiger partial charge on any atom is -0.496 e. The van der Waals surface area contributed by atoms with E-state index in [1.54, 1.807) is 7.11 Å². The molecule has 1 aromatic rings. The van der Waals surface area contributed by atoms with Crippen molar-refractivity contribution in [1.82, 2.24) is 0 Å². The molecule has 1 aromatic carbocycles. The first-order valence-electron chi connectivity index (χ1n) is 6.07. The van der Waals surface area contributed by atoms with Gasteiger partial charge in [-0.3, -0.25) is 0 Å². The van der Waals surface area contributed by atoms with Gasteiger partial charge in [-0.1, -0.05) is 6.07 Å². The van der Waals surface area contributed by atoms with Crippen molar-refractivity contribution in [3.05, 3.63) is 21.1 Å². The van der Waals surface area contributed by atoms with Gasteiger partial charge in [0.2, 0.25) is 0 Å². The first-order chi connectivity index (χ1) is 8.69. The first kappa shape index (κ1) is 15.4. The molecule has 0 aliphatic carbocycles. The van der Waals surface area contributed by atoms with E-state index in [0.29, 0.717) is 0 Å². The summed E-state index contributed by atoms with van der Waals surface area (Å²) in [6.07, 6.45) is 0. The van der Waals surface area contributed by atoms with Crippen LogP contribution < -0.4 is 10.2 Å². The van der Waals surface area contributed by atoms with Gasteiger partial charge in [-0.25, -0.2) is 0 Å². The van der Waals surface area contributed by atoms with E-state index in [1.807, 2.05) is 39.8 Å². The minimum atomic E-state index is -0.387. The fourth-order valence-electron chi connectivity index (χ4n) is 1.86. The Hall–Kier alpha value is -0.0351. The maximum Gasteiger partial charge on any atom is 0.496 e. The summed E-state index contributed by atoms with van der Waals surface area (Å²) in [5, 5.41) is 0. The molecule has 104 valence electrons. The number of ether oxygens (including phenoxy) is 1. The lowest BCUT2D eigenvalue weighted by Gasteiger charge is -2.32.